The molecule has 1 aromatic rings. The molecule has 1 heterocycles. The van der Waals surface area contributed by atoms with Crippen LogP contribution in [-0.2, 0) is 0 Å². The third-order valence-electron chi connectivity index (χ3n) is 2.31. The van der Waals surface area contributed by atoms with Crippen LogP contribution >= 0.6 is 9.24 Å². The molecule has 0 saturated carbocycles. The van der Waals surface area contributed by atoms with E-state index in [-0.39, 0.29) is 12.2 Å². The normalized spacial score (nSPS) is 13.9. The Morgan fingerprint density at radius 3 is 2.61 bits per heavy atom. The highest BCUT2D eigenvalue weighted by atomic mass is 31.0. The molecule has 18 heavy (non-hydrogen) atoms. The van der Waals surface area contributed by atoms with E-state index in [9.17, 15) is 8.78 Å². The number of nitrogens with two attached hydrogens (primary N) is 1. The molecule has 6 heteroatoms. The molecule has 0 saturated heterocycles. The van der Waals surface area contributed by atoms with Gasteiger partial charge in [0.1, 0.15) is 5.70 Å². The van der Waals surface area contributed by atoms with Crippen LogP contribution in [0.4, 0.5) is 8.78 Å². The molecule has 0 aliphatic carbocycles. The maximum atomic E-state index is 13.2. The number of nitrogens with zero attached hydrogens (tertiary/aromatic N) is 2. The number of hydrogen-bond donors (Lipinski definition) is 1. The molecule has 0 spiro atoms. The highest BCUT2D eigenvalue weighted by Crippen LogP contribution is 2.32. The topological polar surface area (TPSA) is 51.3 Å². The van der Waals surface area contributed by atoms with Gasteiger partial charge in [0.2, 0.25) is 0 Å². The Morgan fingerprint density at radius 2 is 2.22 bits per heavy atom. The zero-order chi connectivity index (χ0) is 13.8. The number of halogens is 2. The van der Waals surface area contributed by atoms with Gasteiger partial charge in [-0.2, -0.15) is 8.78 Å². The second-order valence-electron chi connectivity index (χ2n) is 3.75. The van der Waals surface area contributed by atoms with Crippen molar-refractivity contribution in [3.63, 3.8) is 0 Å². The van der Waals surface area contributed by atoms with Gasteiger partial charge < -0.3 is 5.73 Å². The van der Waals surface area contributed by atoms with Gasteiger partial charge in [0.25, 0.3) is 5.66 Å². The number of alkyl halides is 2. The lowest BCUT2D eigenvalue weighted by molar-refractivity contribution is 0.145. The maximum absolute atomic E-state index is 13.2. The minimum Gasteiger partial charge on any atom is -0.325 e. The smallest absolute Gasteiger partial charge is 0.299 e. The van der Waals surface area contributed by atoms with E-state index in [1.165, 1.54) is 22.2 Å². The SMILES string of the molecule is C/C=C(\N=C(/CN)c1ccc(C)nc1)C(F)(F)P. The first-order valence-electron chi connectivity index (χ1n) is 5.42. The second kappa shape index (κ2) is 6.12. The average molecular weight is 271 g/mol. The molecule has 0 aliphatic heterocycles. The monoisotopic (exact) mass is 271 g/mol. The van der Waals surface area contributed by atoms with Crippen LogP contribution < -0.4 is 5.73 Å². The summed E-state index contributed by atoms with van der Waals surface area (Å²) in [6, 6.07) is 3.55. The van der Waals surface area contributed by atoms with E-state index in [0.717, 1.165) is 5.69 Å². The zero-order valence-corrected chi connectivity index (χ0v) is 11.5. The summed E-state index contributed by atoms with van der Waals surface area (Å²) in [5.41, 5.74) is 4.05. The van der Waals surface area contributed by atoms with Crippen LogP contribution in [0.25, 0.3) is 0 Å². The fourth-order valence-electron chi connectivity index (χ4n) is 1.34. The van der Waals surface area contributed by atoms with E-state index in [1.54, 1.807) is 18.3 Å². The predicted molar refractivity (Wildman–Crippen MR) is 73.0 cm³/mol. The maximum Gasteiger partial charge on any atom is 0.299 e. The Bertz CT molecular complexity index is 461. The van der Waals surface area contributed by atoms with Crippen molar-refractivity contribution in [2.75, 3.05) is 6.54 Å². The predicted octanol–water partition coefficient (Wildman–Crippen LogP) is 2.51. The van der Waals surface area contributed by atoms with Crippen LogP contribution in [0, 0.1) is 6.92 Å². The molecular formula is C12H16F2N3P. The molecule has 1 unspecified atom stereocenters. The highest BCUT2D eigenvalue weighted by Gasteiger charge is 2.27. The fourth-order valence-corrected chi connectivity index (χ4v) is 1.57. The number of pyridine rings is 1. The quantitative estimate of drug-likeness (QED) is 0.675. The number of rotatable bonds is 4. The van der Waals surface area contributed by atoms with Gasteiger partial charge in [0.15, 0.2) is 0 Å². The van der Waals surface area contributed by atoms with Crippen LogP contribution in [0.5, 0.6) is 0 Å². The molecule has 0 bridgehead atoms. The lowest BCUT2D eigenvalue weighted by atomic mass is 10.1. The van der Waals surface area contributed by atoms with Crippen molar-refractivity contribution in [3.05, 3.63) is 41.4 Å². The molecule has 0 aliphatic rings. The van der Waals surface area contributed by atoms with Crippen molar-refractivity contribution in [3.8, 4) is 0 Å². The van der Waals surface area contributed by atoms with Gasteiger partial charge in [0, 0.05) is 24.0 Å². The molecule has 0 radical (unpaired) electrons. The van der Waals surface area contributed by atoms with Crippen molar-refractivity contribution in [1.29, 1.82) is 0 Å². The van der Waals surface area contributed by atoms with E-state index in [2.05, 4.69) is 9.98 Å². The third-order valence-corrected chi connectivity index (χ3v) is 2.60. The van der Waals surface area contributed by atoms with E-state index in [1.807, 2.05) is 6.92 Å². The van der Waals surface area contributed by atoms with Crippen molar-refractivity contribution in [2.24, 2.45) is 10.7 Å². The summed E-state index contributed by atoms with van der Waals surface area (Å²) < 4.78 is 26.4. The Labute approximate surface area is 107 Å². The van der Waals surface area contributed by atoms with Crippen molar-refractivity contribution >= 4 is 15.0 Å². The summed E-state index contributed by atoms with van der Waals surface area (Å²) in [4.78, 5) is 8.02. The third kappa shape index (κ3) is 3.93. The van der Waals surface area contributed by atoms with Gasteiger partial charge in [-0.1, -0.05) is 15.3 Å². The molecule has 1 aromatic heterocycles. The minimum absolute atomic E-state index is 0.0722. The first-order valence-corrected chi connectivity index (χ1v) is 6.00. The zero-order valence-electron chi connectivity index (χ0n) is 10.3. The Kier molecular flexibility index (Phi) is 5.05. The summed E-state index contributed by atoms with van der Waals surface area (Å²) in [5, 5.41) is 0. The number of aromatic nitrogens is 1. The first-order chi connectivity index (χ1) is 8.38. The largest absolute Gasteiger partial charge is 0.325 e. The second-order valence-corrected chi connectivity index (χ2v) is 4.47. The van der Waals surface area contributed by atoms with Crippen LogP contribution in [0.15, 0.2) is 35.1 Å². The number of aryl methyl sites for hydroxylation is 1. The van der Waals surface area contributed by atoms with Crippen molar-refractivity contribution in [1.82, 2.24) is 4.98 Å². The van der Waals surface area contributed by atoms with Gasteiger partial charge in [-0.05, 0) is 26.0 Å². The van der Waals surface area contributed by atoms with Gasteiger partial charge >= 0.3 is 0 Å². The van der Waals surface area contributed by atoms with Crippen LogP contribution in [0.1, 0.15) is 18.2 Å². The molecule has 3 nitrogen and oxygen atoms in total. The van der Waals surface area contributed by atoms with E-state index in [0.29, 0.717) is 11.3 Å². The van der Waals surface area contributed by atoms with Gasteiger partial charge in [-0.25, -0.2) is 4.99 Å². The van der Waals surface area contributed by atoms with Crippen LogP contribution in [-0.4, -0.2) is 22.9 Å². The Balaban J connectivity index is 3.14. The first kappa shape index (κ1) is 14.9. The van der Waals surface area contributed by atoms with Crippen molar-refractivity contribution < 1.29 is 8.78 Å². The van der Waals surface area contributed by atoms with Crippen LogP contribution in [0.2, 0.25) is 0 Å². The molecule has 0 fully saturated rings. The van der Waals surface area contributed by atoms with E-state index < -0.39 is 5.66 Å². The summed E-state index contributed by atoms with van der Waals surface area (Å²) >= 11 is 0. The summed E-state index contributed by atoms with van der Waals surface area (Å²) in [6.07, 6.45) is 2.85. The highest BCUT2D eigenvalue weighted by molar-refractivity contribution is 7.18. The average Bonchev–Trinajstić information content (AvgIpc) is 2.30. The summed E-state index contributed by atoms with van der Waals surface area (Å²) in [7, 11) is 1.47. The molecule has 2 N–H and O–H groups in total. The molecule has 1 rings (SSSR count). The van der Waals surface area contributed by atoms with E-state index >= 15 is 0 Å². The lowest BCUT2D eigenvalue weighted by Crippen LogP contribution is -2.18. The van der Waals surface area contributed by atoms with E-state index in [4.69, 9.17) is 5.73 Å². The number of hydrogen-bond acceptors (Lipinski definition) is 3. The standard InChI is InChI=1S/C12H16F2N3P/c1-3-11(12(13,14)18)17-10(6-15)9-5-4-8(2)16-7-9/h3-5,7H,6,15,18H2,1-2H3/b11-3-,17-10+. The Hall–Kier alpha value is -1.19. The molecule has 0 aromatic carbocycles. The fraction of sp³-hybridized carbons (Fsp3) is 0.333. The molecular weight excluding hydrogens is 255 g/mol. The van der Waals surface area contributed by atoms with Gasteiger partial charge in [0.05, 0.1) is 5.71 Å². The summed E-state index contributed by atoms with van der Waals surface area (Å²) in [5.74, 6) is 0. The van der Waals surface area contributed by atoms with Crippen LogP contribution in [0.3, 0.4) is 0 Å². The van der Waals surface area contributed by atoms with Crippen molar-refractivity contribution in [2.45, 2.75) is 19.5 Å². The number of aliphatic imine (C=N–C) groups is 1. The minimum atomic E-state index is -3.06. The Morgan fingerprint density at radius 1 is 1.56 bits per heavy atom. The number of allylic oxidation sites excluding steroid dienone is 2. The molecule has 1 atom stereocenters. The lowest BCUT2D eigenvalue weighted by Gasteiger charge is -2.12. The van der Waals surface area contributed by atoms with Gasteiger partial charge in [-0.15, -0.1) is 0 Å². The summed E-state index contributed by atoms with van der Waals surface area (Å²) in [6.45, 7) is 3.43. The van der Waals surface area contributed by atoms with Gasteiger partial charge in [-0.3, -0.25) is 4.98 Å². The molecule has 0 amide bonds. The molecule has 98 valence electrons.